The van der Waals surface area contributed by atoms with Gasteiger partial charge in [0, 0.05) is 6.54 Å². The van der Waals surface area contributed by atoms with Gasteiger partial charge in [-0.1, -0.05) is 24.7 Å². The minimum atomic E-state index is -0.886. The van der Waals surface area contributed by atoms with Gasteiger partial charge in [-0.2, -0.15) is 0 Å². The van der Waals surface area contributed by atoms with E-state index in [1.807, 2.05) is 0 Å². The molecule has 5 heteroatoms. The molecule has 0 bridgehead atoms. The molecule has 17 heavy (non-hydrogen) atoms. The number of anilines is 1. The standard InChI is InChI=1S/C12H18N2O2S/c1-3-4-12(5-6-12)7-13-11-14-8(2)9(17-11)10(15)16/h3-7H2,1-2H3,(H,13,14)(H,15,16). The Morgan fingerprint density at radius 1 is 1.59 bits per heavy atom. The van der Waals surface area contributed by atoms with E-state index in [-0.39, 0.29) is 0 Å². The van der Waals surface area contributed by atoms with Crippen LogP contribution in [-0.2, 0) is 0 Å². The van der Waals surface area contributed by atoms with E-state index < -0.39 is 5.97 Å². The number of carboxylic acids is 1. The Morgan fingerprint density at radius 2 is 2.29 bits per heavy atom. The SMILES string of the molecule is CCCC1(CNc2nc(C)c(C(=O)O)s2)CC1. The molecule has 0 spiro atoms. The topological polar surface area (TPSA) is 62.2 Å². The van der Waals surface area contributed by atoms with Gasteiger partial charge in [0.25, 0.3) is 0 Å². The molecule has 1 aromatic heterocycles. The van der Waals surface area contributed by atoms with E-state index in [1.54, 1.807) is 6.92 Å². The van der Waals surface area contributed by atoms with Gasteiger partial charge < -0.3 is 10.4 Å². The fourth-order valence-corrected chi connectivity index (χ4v) is 2.96. The Balaban J connectivity index is 1.96. The first kappa shape index (κ1) is 12.4. The van der Waals surface area contributed by atoms with Crippen LogP contribution in [0.3, 0.4) is 0 Å². The third-order valence-electron chi connectivity index (χ3n) is 3.34. The number of nitrogens with zero attached hydrogens (tertiary/aromatic N) is 1. The summed E-state index contributed by atoms with van der Waals surface area (Å²) in [6.45, 7) is 4.87. The minimum absolute atomic E-state index is 0.341. The molecule has 0 atom stereocenters. The molecule has 2 N–H and O–H groups in total. The molecule has 1 aliphatic rings. The molecule has 0 unspecified atom stereocenters. The van der Waals surface area contributed by atoms with Crippen LogP contribution in [0.4, 0.5) is 5.13 Å². The zero-order chi connectivity index (χ0) is 12.5. The van der Waals surface area contributed by atoms with Crippen molar-refractivity contribution in [2.75, 3.05) is 11.9 Å². The Labute approximate surface area is 105 Å². The number of carbonyl (C=O) groups is 1. The third-order valence-corrected chi connectivity index (χ3v) is 4.45. The Hall–Kier alpha value is -1.10. The number of hydrogen-bond acceptors (Lipinski definition) is 4. The molecule has 0 radical (unpaired) electrons. The van der Waals surface area contributed by atoms with Crippen molar-refractivity contribution < 1.29 is 9.90 Å². The predicted octanol–water partition coefficient (Wildman–Crippen LogP) is 3.14. The summed E-state index contributed by atoms with van der Waals surface area (Å²) in [5.74, 6) is -0.886. The molecule has 2 rings (SSSR count). The quantitative estimate of drug-likeness (QED) is 0.818. The van der Waals surface area contributed by atoms with Crippen molar-refractivity contribution in [3.8, 4) is 0 Å². The first-order valence-electron chi connectivity index (χ1n) is 6.01. The molecule has 0 aliphatic heterocycles. The summed E-state index contributed by atoms with van der Waals surface area (Å²) in [7, 11) is 0. The number of aromatic carboxylic acids is 1. The van der Waals surface area contributed by atoms with E-state index in [9.17, 15) is 4.79 Å². The lowest BCUT2D eigenvalue weighted by atomic mass is 10.0. The van der Waals surface area contributed by atoms with E-state index in [4.69, 9.17) is 5.11 Å². The van der Waals surface area contributed by atoms with Crippen LogP contribution in [-0.4, -0.2) is 22.6 Å². The van der Waals surface area contributed by atoms with Crippen LogP contribution in [0.25, 0.3) is 0 Å². The van der Waals surface area contributed by atoms with E-state index in [1.165, 1.54) is 37.0 Å². The second kappa shape index (κ2) is 4.64. The molecule has 1 heterocycles. The summed E-state index contributed by atoms with van der Waals surface area (Å²) >= 11 is 1.23. The average molecular weight is 254 g/mol. The van der Waals surface area contributed by atoms with Crippen molar-refractivity contribution in [1.29, 1.82) is 0 Å². The van der Waals surface area contributed by atoms with E-state index in [2.05, 4.69) is 17.2 Å². The van der Waals surface area contributed by atoms with Gasteiger partial charge in [-0.05, 0) is 31.6 Å². The Morgan fingerprint density at radius 3 is 2.76 bits per heavy atom. The molecule has 0 amide bonds. The third kappa shape index (κ3) is 2.77. The number of aryl methyl sites for hydroxylation is 1. The predicted molar refractivity (Wildman–Crippen MR) is 68.9 cm³/mol. The molecule has 94 valence electrons. The fraction of sp³-hybridized carbons (Fsp3) is 0.667. The van der Waals surface area contributed by atoms with E-state index >= 15 is 0 Å². The maximum Gasteiger partial charge on any atom is 0.347 e. The summed E-state index contributed by atoms with van der Waals surface area (Å²) in [5.41, 5.74) is 1.06. The Bertz CT molecular complexity index is 424. The highest BCUT2D eigenvalue weighted by atomic mass is 32.1. The maximum absolute atomic E-state index is 10.9. The van der Waals surface area contributed by atoms with Gasteiger partial charge >= 0.3 is 5.97 Å². The maximum atomic E-state index is 10.9. The van der Waals surface area contributed by atoms with Crippen LogP contribution in [0.1, 0.15) is 48.0 Å². The van der Waals surface area contributed by atoms with Gasteiger partial charge in [0.1, 0.15) is 4.88 Å². The lowest BCUT2D eigenvalue weighted by Crippen LogP contribution is -2.14. The first-order valence-corrected chi connectivity index (χ1v) is 6.82. The summed E-state index contributed by atoms with van der Waals surface area (Å²) in [4.78, 5) is 15.5. The monoisotopic (exact) mass is 254 g/mol. The van der Waals surface area contributed by atoms with Crippen molar-refractivity contribution in [2.45, 2.75) is 39.5 Å². The molecule has 1 saturated carbocycles. The highest BCUT2D eigenvalue weighted by Crippen LogP contribution is 2.49. The van der Waals surface area contributed by atoms with Crippen molar-refractivity contribution in [1.82, 2.24) is 4.98 Å². The summed E-state index contributed by atoms with van der Waals surface area (Å²) < 4.78 is 0. The molecule has 1 fully saturated rings. The van der Waals surface area contributed by atoms with E-state index in [0.29, 0.717) is 16.0 Å². The van der Waals surface area contributed by atoms with Gasteiger partial charge in [-0.25, -0.2) is 9.78 Å². The van der Waals surface area contributed by atoms with Crippen molar-refractivity contribution >= 4 is 22.4 Å². The molecule has 4 nitrogen and oxygen atoms in total. The number of nitrogens with one attached hydrogen (secondary N) is 1. The average Bonchev–Trinajstić information content (AvgIpc) is 2.92. The van der Waals surface area contributed by atoms with Crippen LogP contribution in [0, 0.1) is 12.3 Å². The van der Waals surface area contributed by atoms with Crippen molar-refractivity contribution in [3.63, 3.8) is 0 Å². The van der Waals surface area contributed by atoms with E-state index in [0.717, 1.165) is 11.7 Å². The van der Waals surface area contributed by atoms with Crippen LogP contribution in [0.2, 0.25) is 0 Å². The van der Waals surface area contributed by atoms with Crippen LogP contribution in [0.5, 0.6) is 0 Å². The minimum Gasteiger partial charge on any atom is -0.477 e. The lowest BCUT2D eigenvalue weighted by Gasteiger charge is -2.13. The summed E-state index contributed by atoms with van der Waals surface area (Å²) in [5, 5.41) is 13.0. The van der Waals surface area contributed by atoms with Gasteiger partial charge in [0.2, 0.25) is 0 Å². The largest absolute Gasteiger partial charge is 0.477 e. The molecule has 1 aliphatic carbocycles. The lowest BCUT2D eigenvalue weighted by molar-refractivity contribution is 0.0701. The second-order valence-corrected chi connectivity index (χ2v) is 5.84. The number of aromatic nitrogens is 1. The highest BCUT2D eigenvalue weighted by Gasteiger charge is 2.41. The molecule has 1 aromatic rings. The summed E-state index contributed by atoms with van der Waals surface area (Å²) in [6, 6.07) is 0. The van der Waals surface area contributed by atoms with Crippen molar-refractivity contribution in [3.05, 3.63) is 10.6 Å². The zero-order valence-corrected chi connectivity index (χ0v) is 11.1. The number of carboxylic acid groups (broad SMARTS) is 1. The highest BCUT2D eigenvalue weighted by molar-refractivity contribution is 7.17. The van der Waals surface area contributed by atoms with Gasteiger partial charge in [0.15, 0.2) is 5.13 Å². The van der Waals surface area contributed by atoms with Crippen LogP contribution < -0.4 is 5.32 Å². The fourth-order valence-electron chi connectivity index (χ4n) is 2.16. The molecular formula is C12H18N2O2S. The van der Waals surface area contributed by atoms with Crippen LogP contribution in [0.15, 0.2) is 0 Å². The molecular weight excluding hydrogens is 236 g/mol. The van der Waals surface area contributed by atoms with Crippen molar-refractivity contribution in [2.24, 2.45) is 5.41 Å². The number of hydrogen-bond donors (Lipinski definition) is 2. The van der Waals surface area contributed by atoms with Gasteiger partial charge in [-0.3, -0.25) is 0 Å². The normalized spacial score (nSPS) is 16.8. The number of rotatable bonds is 6. The Kier molecular flexibility index (Phi) is 3.38. The van der Waals surface area contributed by atoms with Gasteiger partial charge in [0.05, 0.1) is 5.69 Å². The summed E-state index contributed by atoms with van der Waals surface area (Å²) in [6.07, 6.45) is 5.02. The molecule has 0 saturated heterocycles. The first-order chi connectivity index (χ1) is 8.06. The second-order valence-electron chi connectivity index (χ2n) is 4.84. The van der Waals surface area contributed by atoms with Gasteiger partial charge in [-0.15, -0.1) is 0 Å². The smallest absolute Gasteiger partial charge is 0.347 e. The molecule has 0 aromatic carbocycles. The number of thiazole rings is 1. The zero-order valence-electron chi connectivity index (χ0n) is 10.2. The van der Waals surface area contributed by atoms with Crippen LogP contribution >= 0.6 is 11.3 Å².